The Kier molecular flexibility index (Phi) is 5.68. The number of rotatable bonds is 3. The van der Waals surface area contributed by atoms with Gasteiger partial charge in [0.1, 0.15) is 12.3 Å². The van der Waals surface area contributed by atoms with Gasteiger partial charge in [0.15, 0.2) is 11.5 Å². The van der Waals surface area contributed by atoms with E-state index >= 15 is 0 Å². The van der Waals surface area contributed by atoms with E-state index in [1.165, 1.54) is 5.01 Å². The highest BCUT2D eigenvalue weighted by Gasteiger charge is 2.35. The van der Waals surface area contributed by atoms with E-state index < -0.39 is 6.10 Å². The fraction of sp³-hybridized carbons (Fsp3) is 0.333. The van der Waals surface area contributed by atoms with E-state index in [0.29, 0.717) is 55.5 Å². The van der Waals surface area contributed by atoms with Gasteiger partial charge in [-0.2, -0.15) is 5.10 Å². The molecular formula is C24H24N4O5. The van der Waals surface area contributed by atoms with Gasteiger partial charge in [-0.15, -0.1) is 0 Å². The summed E-state index contributed by atoms with van der Waals surface area (Å²) >= 11 is 0. The molecule has 3 heterocycles. The maximum absolute atomic E-state index is 13.1. The van der Waals surface area contributed by atoms with Crippen LogP contribution in [0.1, 0.15) is 12.8 Å². The van der Waals surface area contributed by atoms with Crippen LogP contribution in [0.4, 0.5) is 5.69 Å². The molecule has 170 valence electrons. The highest BCUT2D eigenvalue weighted by Crippen LogP contribution is 2.31. The number of piperazine rings is 1. The first-order valence-electron chi connectivity index (χ1n) is 11.0. The number of hydrazone groups is 1. The van der Waals surface area contributed by atoms with Crippen LogP contribution < -0.4 is 14.5 Å². The summed E-state index contributed by atoms with van der Waals surface area (Å²) < 4.78 is 11.5. The van der Waals surface area contributed by atoms with Crippen LogP contribution in [0, 0.1) is 0 Å². The Morgan fingerprint density at radius 1 is 0.848 bits per heavy atom. The van der Waals surface area contributed by atoms with E-state index in [4.69, 9.17) is 9.47 Å². The number of benzene rings is 2. The largest absolute Gasteiger partial charge is 0.485 e. The molecule has 1 fully saturated rings. The van der Waals surface area contributed by atoms with Gasteiger partial charge in [-0.3, -0.25) is 14.4 Å². The Labute approximate surface area is 191 Å². The standard InChI is InChI=1S/C24H24N4O5/c29-22-11-10-18(25-28(22)17-6-2-1-3-7-17)23(30)26-12-14-27(15-13-26)24(31)21-16-32-19-8-4-5-9-20(19)33-21/h1-9,21H,10-16H2. The topological polar surface area (TPSA) is 91.8 Å². The van der Waals surface area contributed by atoms with E-state index in [-0.39, 0.29) is 30.7 Å². The van der Waals surface area contributed by atoms with Gasteiger partial charge in [-0.05, 0) is 24.3 Å². The lowest BCUT2D eigenvalue weighted by atomic mass is 10.1. The molecule has 33 heavy (non-hydrogen) atoms. The molecule has 9 nitrogen and oxygen atoms in total. The summed E-state index contributed by atoms with van der Waals surface area (Å²) in [6, 6.07) is 16.3. The molecule has 3 aliphatic heterocycles. The van der Waals surface area contributed by atoms with Crippen molar-refractivity contribution in [3.63, 3.8) is 0 Å². The van der Waals surface area contributed by atoms with Gasteiger partial charge < -0.3 is 19.3 Å². The number of carbonyl (C=O) groups is 3. The first-order chi connectivity index (χ1) is 16.1. The molecule has 0 radical (unpaired) electrons. The number of fused-ring (bicyclic) bond motifs is 1. The van der Waals surface area contributed by atoms with Crippen LogP contribution in [0.2, 0.25) is 0 Å². The summed E-state index contributed by atoms with van der Waals surface area (Å²) in [5.74, 6) is 0.718. The van der Waals surface area contributed by atoms with Gasteiger partial charge in [0.05, 0.1) is 5.69 Å². The Bertz CT molecular complexity index is 1100. The minimum atomic E-state index is -0.699. The molecule has 0 spiro atoms. The van der Waals surface area contributed by atoms with Crippen molar-refractivity contribution in [2.24, 2.45) is 5.10 Å². The van der Waals surface area contributed by atoms with Crippen LogP contribution in [-0.2, 0) is 14.4 Å². The number of ether oxygens (including phenoxy) is 2. The highest BCUT2D eigenvalue weighted by molar-refractivity contribution is 6.40. The maximum atomic E-state index is 13.1. The van der Waals surface area contributed by atoms with E-state index in [1.54, 1.807) is 34.1 Å². The second-order valence-electron chi connectivity index (χ2n) is 8.07. The van der Waals surface area contributed by atoms with Gasteiger partial charge in [-0.1, -0.05) is 30.3 Å². The molecule has 0 N–H and O–H groups in total. The normalized spacial score (nSPS) is 20.4. The maximum Gasteiger partial charge on any atom is 0.270 e. The van der Waals surface area contributed by atoms with Gasteiger partial charge in [0.25, 0.3) is 11.8 Å². The number of nitrogens with zero attached hydrogens (tertiary/aromatic N) is 4. The zero-order chi connectivity index (χ0) is 22.8. The fourth-order valence-electron chi connectivity index (χ4n) is 4.14. The minimum Gasteiger partial charge on any atom is -0.485 e. The predicted octanol–water partition coefficient (Wildman–Crippen LogP) is 1.68. The van der Waals surface area contributed by atoms with Gasteiger partial charge in [-0.25, -0.2) is 5.01 Å². The van der Waals surface area contributed by atoms with Crippen molar-refractivity contribution in [3.05, 3.63) is 54.6 Å². The number of hydrogen-bond acceptors (Lipinski definition) is 6. The van der Waals surface area contributed by atoms with Crippen LogP contribution >= 0.6 is 0 Å². The first-order valence-corrected chi connectivity index (χ1v) is 11.0. The molecule has 1 unspecified atom stereocenters. The fourth-order valence-corrected chi connectivity index (χ4v) is 4.14. The molecule has 3 aliphatic rings. The number of anilines is 1. The van der Waals surface area contributed by atoms with Crippen LogP contribution in [0.15, 0.2) is 59.7 Å². The average molecular weight is 448 g/mol. The number of amides is 3. The average Bonchev–Trinajstić information content (AvgIpc) is 2.88. The SMILES string of the molecule is O=C(C1=NN(c2ccccc2)C(=O)CC1)N1CCN(C(=O)C2COc3ccccc3O2)CC1. The van der Waals surface area contributed by atoms with E-state index in [2.05, 4.69) is 5.10 Å². The first kappa shape index (κ1) is 21.0. The Morgan fingerprint density at radius 2 is 1.52 bits per heavy atom. The van der Waals surface area contributed by atoms with Gasteiger partial charge in [0, 0.05) is 39.0 Å². The van der Waals surface area contributed by atoms with E-state index in [0.717, 1.165) is 0 Å². The third-order valence-electron chi connectivity index (χ3n) is 5.94. The van der Waals surface area contributed by atoms with Gasteiger partial charge >= 0.3 is 0 Å². The van der Waals surface area contributed by atoms with Crippen LogP contribution in [0.3, 0.4) is 0 Å². The summed E-state index contributed by atoms with van der Waals surface area (Å²) in [6.45, 7) is 1.76. The quantitative estimate of drug-likeness (QED) is 0.713. The van der Waals surface area contributed by atoms with Crippen LogP contribution in [0.5, 0.6) is 11.5 Å². The molecule has 1 saturated heterocycles. The highest BCUT2D eigenvalue weighted by atomic mass is 16.6. The van der Waals surface area contributed by atoms with Crippen molar-refractivity contribution in [1.29, 1.82) is 0 Å². The lowest BCUT2D eigenvalue weighted by Crippen LogP contribution is -2.56. The Balaban J connectivity index is 1.20. The third-order valence-corrected chi connectivity index (χ3v) is 5.94. The van der Waals surface area contributed by atoms with Crippen LogP contribution in [0.25, 0.3) is 0 Å². The predicted molar refractivity (Wildman–Crippen MR) is 120 cm³/mol. The second kappa shape index (κ2) is 8.93. The number of hydrogen-bond donors (Lipinski definition) is 0. The Hall–Kier alpha value is -3.88. The van der Waals surface area contributed by atoms with Crippen molar-refractivity contribution < 1.29 is 23.9 Å². The molecule has 1 atom stereocenters. The van der Waals surface area contributed by atoms with E-state index in [1.807, 2.05) is 30.3 Å². The molecule has 9 heteroatoms. The summed E-state index contributed by atoms with van der Waals surface area (Å²) in [5, 5.41) is 5.65. The molecule has 0 aromatic heterocycles. The molecule has 5 rings (SSSR count). The van der Waals surface area contributed by atoms with Gasteiger partial charge in [0.2, 0.25) is 12.0 Å². The van der Waals surface area contributed by atoms with Crippen molar-refractivity contribution in [3.8, 4) is 11.5 Å². The molecule has 0 saturated carbocycles. The molecular weight excluding hydrogens is 424 g/mol. The molecule has 3 amide bonds. The van der Waals surface area contributed by atoms with Crippen molar-refractivity contribution >= 4 is 29.1 Å². The van der Waals surface area contributed by atoms with Crippen molar-refractivity contribution in [2.75, 3.05) is 37.8 Å². The zero-order valence-electron chi connectivity index (χ0n) is 18.1. The summed E-state index contributed by atoms with van der Waals surface area (Å²) in [7, 11) is 0. The van der Waals surface area contributed by atoms with Crippen molar-refractivity contribution in [2.45, 2.75) is 18.9 Å². The number of para-hydroxylation sites is 3. The second-order valence-corrected chi connectivity index (χ2v) is 8.07. The lowest BCUT2D eigenvalue weighted by molar-refractivity contribution is -0.144. The smallest absolute Gasteiger partial charge is 0.270 e. The van der Waals surface area contributed by atoms with Crippen LogP contribution in [-0.4, -0.2) is 72.1 Å². The van der Waals surface area contributed by atoms with E-state index in [9.17, 15) is 14.4 Å². The summed E-state index contributed by atoms with van der Waals surface area (Å²) in [5.41, 5.74) is 0.998. The molecule has 0 bridgehead atoms. The monoisotopic (exact) mass is 448 g/mol. The zero-order valence-corrected chi connectivity index (χ0v) is 18.1. The molecule has 2 aromatic carbocycles. The summed E-state index contributed by atoms with van der Waals surface area (Å²) in [6.07, 6.45) is -0.152. The molecule has 2 aromatic rings. The minimum absolute atomic E-state index is 0.135. The molecule has 0 aliphatic carbocycles. The summed E-state index contributed by atoms with van der Waals surface area (Å²) in [4.78, 5) is 41.7. The Morgan fingerprint density at radius 3 is 2.27 bits per heavy atom. The number of carbonyl (C=O) groups excluding carboxylic acids is 3. The third kappa shape index (κ3) is 4.26. The lowest BCUT2D eigenvalue weighted by Gasteiger charge is -2.37. The van der Waals surface area contributed by atoms with Crippen molar-refractivity contribution in [1.82, 2.24) is 9.80 Å².